The first-order valence-corrected chi connectivity index (χ1v) is 7.64. The van der Waals surface area contributed by atoms with Crippen molar-refractivity contribution < 1.29 is 13.2 Å². The summed E-state index contributed by atoms with van der Waals surface area (Å²) in [5, 5.41) is 0.566. The Bertz CT molecular complexity index is 634. The fraction of sp³-hybridized carbons (Fsp3) is 0.267. The number of allylic oxidation sites excluding steroid dienone is 1. The minimum Gasteiger partial charge on any atom is -0.241 e. The van der Waals surface area contributed by atoms with E-state index in [1.54, 1.807) is 12.1 Å². The lowest BCUT2D eigenvalue weighted by molar-refractivity contribution is -0.137. The molecule has 0 saturated carbocycles. The highest BCUT2D eigenvalue weighted by Gasteiger charge is 2.30. The van der Waals surface area contributed by atoms with Crippen LogP contribution in [0.4, 0.5) is 13.2 Å². The quantitative estimate of drug-likeness (QED) is 0.507. The molecule has 112 valence electrons. The van der Waals surface area contributed by atoms with Gasteiger partial charge in [0.15, 0.2) is 0 Å². The number of halogens is 4. The molecule has 0 amide bonds. The van der Waals surface area contributed by atoms with Crippen LogP contribution in [0.3, 0.4) is 0 Å². The monoisotopic (exact) mass is 331 g/mol. The zero-order valence-electron chi connectivity index (χ0n) is 11.1. The van der Waals surface area contributed by atoms with Crippen LogP contribution in [0.2, 0.25) is 0 Å². The Morgan fingerprint density at radius 1 is 1.33 bits per heavy atom. The topological polar surface area (TPSA) is 12.9 Å². The Morgan fingerprint density at radius 2 is 2.10 bits per heavy atom. The molecule has 0 spiro atoms. The lowest BCUT2D eigenvalue weighted by atomic mass is 10.1. The second-order valence-electron chi connectivity index (χ2n) is 4.43. The summed E-state index contributed by atoms with van der Waals surface area (Å²) in [5.41, 5.74) is 0.628. The molecule has 0 N–H and O–H groups in total. The molecule has 1 aromatic carbocycles. The van der Waals surface area contributed by atoms with Crippen LogP contribution in [0.15, 0.2) is 36.9 Å². The molecule has 21 heavy (non-hydrogen) atoms. The van der Waals surface area contributed by atoms with Gasteiger partial charge in [0.05, 0.1) is 17.1 Å². The molecule has 1 aromatic heterocycles. The summed E-state index contributed by atoms with van der Waals surface area (Å²) < 4.78 is 38.3. The number of benzene rings is 1. The van der Waals surface area contributed by atoms with Gasteiger partial charge in [-0.15, -0.1) is 29.5 Å². The van der Waals surface area contributed by atoms with Gasteiger partial charge in [-0.05, 0) is 25.0 Å². The third-order valence-electron chi connectivity index (χ3n) is 2.92. The minimum absolute atomic E-state index is 0.309. The second-order valence-corrected chi connectivity index (χ2v) is 5.78. The highest BCUT2D eigenvalue weighted by atomic mass is 35.5. The maximum absolute atomic E-state index is 12.8. The van der Waals surface area contributed by atoms with E-state index in [4.69, 9.17) is 11.6 Å². The average Bonchev–Trinajstić information content (AvgIpc) is 2.87. The lowest BCUT2D eigenvalue weighted by Crippen LogP contribution is -2.04. The molecule has 6 heteroatoms. The van der Waals surface area contributed by atoms with Crippen LogP contribution in [0.5, 0.6) is 0 Å². The SMILES string of the molecule is C=CCCc1nc(-c2cccc(C(F)(F)F)c2)sc1CCl. The van der Waals surface area contributed by atoms with Crippen LogP contribution in [0.1, 0.15) is 22.6 Å². The Morgan fingerprint density at radius 3 is 2.71 bits per heavy atom. The van der Waals surface area contributed by atoms with E-state index in [2.05, 4.69) is 11.6 Å². The average molecular weight is 332 g/mol. The van der Waals surface area contributed by atoms with E-state index in [1.807, 2.05) is 0 Å². The van der Waals surface area contributed by atoms with E-state index in [0.29, 0.717) is 22.9 Å². The first-order valence-electron chi connectivity index (χ1n) is 6.28. The highest BCUT2D eigenvalue weighted by molar-refractivity contribution is 7.15. The summed E-state index contributed by atoms with van der Waals surface area (Å²) in [4.78, 5) is 5.33. The number of hydrogen-bond donors (Lipinski definition) is 0. The van der Waals surface area contributed by atoms with Crippen LogP contribution >= 0.6 is 22.9 Å². The van der Waals surface area contributed by atoms with Crippen LogP contribution in [0, 0.1) is 0 Å². The van der Waals surface area contributed by atoms with E-state index in [9.17, 15) is 13.2 Å². The van der Waals surface area contributed by atoms with Crippen molar-refractivity contribution in [3.8, 4) is 10.6 Å². The van der Waals surface area contributed by atoms with Crippen molar-refractivity contribution in [2.45, 2.75) is 24.9 Å². The normalized spacial score (nSPS) is 11.6. The molecule has 0 aliphatic heterocycles. The molecular weight excluding hydrogens is 319 g/mol. The maximum Gasteiger partial charge on any atom is 0.416 e. The summed E-state index contributed by atoms with van der Waals surface area (Å²) in [6.45, 7) is 3.65. The summed E-state index contributed by atoms with van der Waals surface area (Å²) in [6.07, 6.45) is -1.12. The van der Waals surface area contributed by atoms with Crippen molar-refractivity contribution in [3.05, 3.63) is 53.1 Å². The van der Waals surface area contributed by atoms with E-state index in [1.165, 1.54) is 17.4 Å². The molecule has 1 heterocycles. The number of alkyl halides is 4. The molecule has 0 aliphatic carbocycles. The van der Waals surface area contributed by atoms with Crippen molar-refractivity contribution in [1.82, 2.24) is 4.98 Å². The zero-order chi connectivity index (χ0) is 15.5. The van der Waals surface area contributed by atoms with E-state index >= 15 is 0 Å². The van der Waals surface area contributed by atoms with Crippen LogP contribution < -0.4 is 0 Å². The molecule has 2 rings (SSSR count). The van der Waals surface area contributed by atoms with Gasteiger partial charge in [-0.2, -0.15) is 13.2 Å². The smallest absolute Gasteiger partial charge is 0.241 e. The van der Waals surface area contributed by atoms with Gasteiger partial charge in [0.25, 0.3) is 0 Å². The molecule has 1 nitrogen and oxygen atoms in total. The second kappa shape index (κ2) is 6.62. The predicted octanol–water partition coefficient (Wildman–Crippen LogP) is 5.69. The number of aromatic nitrogens is 1. The molecule has 0 bridgehead atoms. The van der Waals surface area contributed by atoms with Gasteiger partial charge in [0, 0.05) is 10.4 Å². The highest BCUT2D eigenvalue weighted by Crippen LogP contribution is 2.34. The van der Waals surface area contributed by atoms with Crippen LogP contribution in [0.25, 0.3) is 10.6 Å². The number of thiazole rings is 1. The lowest BCUT2D eigenvalue weighted by Gasteiger charge is -2.07. The summed E-state index contributed by atoms with van der Waals surface area (Å²) in [5.74, 6) is 0.309. The molecule has 0 atom stereocenters. The molecule has 0 fully saturated rings. The molecule has 0 radical (unpaired) electrons. The standard InChI is InChI=1S/C15H13ClF3NS/c1-2-3-7-12-13(9-16)21-14(20-12)10-5-4-6-11(8-10)15(17,18)19/h2,4-6,8H,1,3,7,9H2. The summed E-state index contributed by atoms with van der Waals surface area (Å²) in [6, 6.07) is 5.19. The van der Waals surface area contributed by atoms with Gasteiger partial charge in [0.1, 0.15) is 5.01 Å². The van der Waals surface area contributed by atoms with Crippen molar-refractivity contribution in [3.63, 3.8) is 0 Å². The Kier molecular flexibility index (Phi) is 5.06. The fourth-order valence-corrected chi connectivity index (χ4v) is 3.15. The number of hydrogen-bond acceptors (Lipinski definition) is 2. The van der Waals surface area contributed by atoms with Gasteiger partial charge >= 0.3 is 6.18 Å². The van der Waals surface area contributed by atoms with Crippen molar-refractivity contribution >= 4 is 22.9 Å². The fourth-order valence-electron chi connectivity index (χ4n) is 1.87. The molecular formula is C15H13ClF3NS. The van der Waals surface area contributed by atoms with Crippen molar-refractivity contribution in [1.29, 1.82) is 0 Å². The van der Waals surface area contributed by atoms with Gasteiger partial charge in [-0.1, -0.05) is 18.2 Å². The Hall–Kier alpha value is -1.33. The maximum atomic E-state index is 12.8. The first-order chi connectivity index (χ1) is 9.95. The van der Waals surface area contributed by atoms with Gasteiger partial charge in [-0.25, -0.2) is 4.98 Å². The molecule has 0 unspecified atom stereocenters. The predicted molar refractivity (Wildman–Crippen MR) is 80.6 cm³/mol. The Balaban J connectivity index is 2.38. The third kappa shape index (κ3) is 3.86. The number of rotatable bonds is 5. The van der Waals surface area contributed by atoms with E-state index in [-0.39, 0.29) is 0 Å². The molecule has 0 aliphatic rings. The number of aryl methyl sites for hydroxylation is 1. The Labute approximate surface area is 130 Å². The van der Waals surface area contributed by atoms with E-state index in [0.717, 1.165) is 29.1 Å². The van der Waals surface area contributed by atoms with E-state index < -0.39 is 11.7 Å². The zero-order valence-corrected chi connectivity index (χ0v) is 12.7. The molecule has 0 saturated heterocycles. The van der Waals surface area contributed by atoms with Crippen LogP contribution in [-0.4, -0.2) is 4.98 Å². The summed E-state index contributed by atoms with van der Waals surface area (Å²) in [7, 11) is 0. The van der Waals surface area contributed by atoms with Gasteiger partial charge in [0.2, 0.25) is 0 Å². The van der Waals surface area contributed by atoms with Crippen LogP contribution in [-0.2, 0) is 18.5 Å². The van der Waals surface area contributed by atoms with Gasteiger partial charge < -0.3 is 0 Å². The third-order valence-corrected chi connectivity index (χ3v) is 4.49. The minimum atomic E-state index is -4.35. The number of nitrogens with zero attached hydrogens (tertiary/aromatic N) is 1. The molecule has 2 aromatic rings. The van der Waals surface area contributed by atoms with Gasteiger partial charge in [-0.3, -0.25) is 0 Å². The first kappa shape index (κ1) is 16.0. The van der Waals surface area contributed by atoms with Crippen molar-refractivity contribution in [2.75, 3.05) is 0 Å². The largest absolute Gasteiger partial charge is 0.416 e. The van der Waals surface area contributed by atoms with Crippen molar-refractivity contribution in [2.24, 2.45) is 0 Å². The summed E-state index contributed by atoms with van der Waals surface area (Å²) >= 11 is 7.22.